The van der Waals surface area contributed by atoms with Gasteiger partial charge >= 0.3 is 0 Å². The molecule has 0 saturated carbocycles. The fourth-order valence-corrected chi connectivity index (χ4v) is 3.32. The molecule has 130 valence electrons. The van der Waals surface area contributed by atoms with Crippen molar-refractivity contribution in [3.05, 3.63) is 29.5 Å². The lowest BCUT2D eigenvalue weighted by molar-refractivity contribution is -0.132. The minimum absolute atomic E-state index is 0.154. The zero-order valence-electron chi connectivity index (χ0n) is 14.5. The van der Waals surface area contributed by atoms with E-state index < -0.39 is 0 Å². The highest BCUT2D eigenvalue weighted by molar-refractivity contribution is 5.76. The van der Waals surface area contributed by atoms with Gasteiger partial charge in [-0.1, -0.05) is 0 Å². The number of aryl methyl sites for hydroxylation is 3. The Morgan fingerprint density at radius 3 is 3.00 bits per heavy atom. The predicted octanol–water partition coefficient (Wildman–Crippen LogP) is 2.06. The van der Waals surface area contributed by atoms with Gasteiger partial charge in [0.05, 0.1) is 12.8 Å². The molecule has 0 bridgehead atoms. The van der Waals surface area contributed by atoms with Crippen LogP contribution in [-0.2, 0) is 18.3 Å². The number of ether oxygens (including phenoxy) is 1. The number of amides is 1. The summed E-state index contributed by atoms with van der Waals surface area (Å²) in [5, 5.41) is 3.76. The highest BCUT2D eigenvalue weighted by Gasteiger charge is 2.27. The van der Waals surface area contributed by atoms with Crippen molar-refractivity contribution in [2.75, 3.05) is 20.2 Å². The fourth-order valence-electron chi connectivity index (χ4n) is 3.32. The van der Waals surface area contributed by atoms with E-state index in [9.17, 15) is 4.79 Å². The molecular weight excluding hydrogens is 308 g/mol. The third-order valence-corrected chi connectivity index (χ3v) is 4.50. The van der Waals surface area contributed by atoms with E-state index >= 15 is 0 Å². The standard InChI is InChI=1S/C17H24N4O3/c1-12-10-20(2)17(18-12)13-5-4-8-21(11-13)16(22)7-6-14-9-15(23-3)19-24-14/h9-10,13H,4-8,11H2,1-3H3/t13-/m1/s1. The predicted molar refractivity (Wildman–Crippen MR) is 87.9 cm³/mol. The summed E-state index contributed by atoms with van der Waals surface area (Å²) in [7, 11) is 3.56. The SMILES string of the molecule is COc1cc(CCC(=O)N2CCC[C@@H](c3nc(C)cn3C)C2)on1. The van der Waals surface area contributed by atoms with Gasteiger partial charge in [-0.15, -0.1) is 0 Å². The van der Waals surface area contributed by atoms with Crippen LogP contribution in [0.1, 0.15) is 42.5 Å². The van der Waals surface area contributed by atoms with Crippen molar-refractivity contribution in [2.24, 2.45) is 7.05 Å². The summed E-state index contributed by atoms with van der Waals surface area (Å²) in [5.41, 5.74) is 1.02. The molecule has 1 fully saturated rings. The molecule has 1 amide bonds. The Morgan fingerprint density at radius 1 is 1.50 bits per heavy atom. The second-order valence-electron chi connectivity index (χ2n) is 6.37. The van der Waals surface area contributed by atoms with Gasteiger partial charge in [-0.2, -0.15) is 0 Å². The molecule has 0 aromatic carbocycles. The summed E-state index contributed by atoms with van der Waals surface area (Å²) in [5.74, 6) is 2.66. The zero-order chi connectivity index (χ0) is 17.1. The number of carbonyl (C=O) groups is 1. The number of imidazole rings is 1. The maximum atomic E-state index is 12.5. The lowest BCUT2D eigenvalue weighted by atomic mass is 9.96. The molecule has 3 rings (SSSR count). The Balaban J connectivity index is 1.57. The second-order valence-corrected chi connectivity index (χ2v) is 6.37. The van der Waals surface area contributed by atoms with Gasteiger partial charge in [0, 0.05) is 51.2 Å². The fraction of sp³-hybridized carbons (Fsp3) is 0.588. The van der Waals surface area contributed by atoms with Gasteiger partial charge in [-0.3, -0.25) is 4.79 Å². The minimum atomic E-state index is 0.154. The molecule has 24 heavy (non-hydrogen) atoms. The van der Waals surface area contributed by atoms with Crippen molar-refractivity contribution in [2.45, 2.75) is 38.5 Å². The van der Waals surface area contributed by atoms with E-state index in [1.54, 1.807) is 13.2 Å². The first-order valence-electron chi connectivity index (χ1n) is 8.34. The van der Waals surface area contributed by atoms with Crippen molar-refractivity contribution < 1.29 is 14.1 Å². The number of aromatic nitrogens is 3. The molecule has 1 aliphatic rings. The Bertz CT molecular complexity index is 707. The summed E-state index contributed by atoms with van der Waals surface area (Å²) in [6.45, 7) is 3.56. The molecule has 7 heteroatoms. The molecule has 1 atom stereocenters. The number of piperidine rings is 1. The van der Waals surface area contributed by atoms with Crippen LogP contribution >= 0.6 is 0 Å². The van der Waals surface area contributed by atoms with Gasteiger partial charge in [-0.25, -0.2) is 4.98 Å². The van der Waals surface area contributed by atoms with E-state index in [1.165, 1.54) is 0 Å². The highest BCUT2D eigenvalue weighted by atomic mass is 16.5. The van der Waals surface area contributed by atoms with Crippen LogP contribution in [0.2, 0.25) is 0 Å². The van der Waals surface area contributed by atoms with Crippen LogP contribution in [0, 0.1) is 6.92 Å². The average Bonchev–Trinajstić information content (AvgIpc) is 3.18. The molecule has 0 radical (unpaired) electrons. The third-order valence-electron chi connectivity index (χ3n) is 4.50. The summed E-state index contributed by atoms with van der Waals surface area (Å²) in [6, 6.07) is 1.73. The lowest BCUT2D eigenvalue weighted by Crippen LogP contribution is -2.39. The van der Waals surface area contributed by atoms with Crippen molar-refractivity contribution in [1.82, 2.24) is 19.6 Å². The van der Waals surface area contributed by atoms with Gasteiger partial charge in [-0.05, 0) is 24.9 Å². The normalized spacial score (nSPS) is 18.0. The van der Waals surface area contributed by atoms with Gasteiger partial charge in [0.1, 0.15) is 11.6 Å². The first-order chi connectivity index (χ1) is 11.6. The molecule has 3 heterocycles. The van der Waals surface area contributed by atoms with Crippen molar-refractivity contribution in [3.63, 3.8) is 0 Å². The first kappa shape index (κ1) is 16.5. The van der Waals surface area contributed by atoms with Crippen LogP contribution in [0.5, 0.6) is 5.88 Å². The maximum Gasteiger partial charge on any atom is 0.254 e. The second kappa shape index (κ2) is 7.07. The smallest absolute Gasteiger partial charge is 0.254 e. The monoisotopic (exact) mass is 332 g/mol. The number of methoxy groups -OCH3 is 1. The largest absolute Gasteiger partial charge is 0.479 e. The van der Waals surface area contributed by atoms with Crippen LogP contribution in [0.4, 0.5) is 0 Å². The Hall–Kier alpha value is -2.31. The van der Waals surface area contributed by atoms with Crippen LogP contribution in [-0.4, -0.2) is 45.7 Å². The molecule has 0 aliphatic carbocycles. The van der Waals surface area contributed by atoms with Crippen LogP contribution in [0.15, 0.2) is 16.8 Å². The zero-order valence-corrected chi connectivity index (χ0v) is 14.5. The Morgan fingerprint density at radius 2 is 2.33 bits per heavy atom. The van der Waals surface area contributed by atoms with Crippen LogP contribution in [0.25, 0.3) is 0 Å². The Kier molecular flexibility index (Phi) is 4.87. The number of nitrogens with zero attached hydrogens (tertiary/aromatic N) is 4. The molecular formula is C17H24N4O3. The summed E-state index contributed by atoms with van der Waals surface area (Å²) in [6.07, 6.45) is 5.09. The molecule has 1 saturated heterocycles. The molecule has 2 aromatic heterocycles. The maximum absolute atomic E-state index is 12.5. The van der Waals surface area contributed by atoms with Gasteiger partial charge < -0.3 is 18.7 Å². The van der Waals surface area contributed by atoms with Gasteiger partial charge in [0.2, 0.25) is 5.91 Å². The van der Waals surface area contributed by atoms with Crippen molar-refractivity contribution in [1.29, 1.82) is 0 Å². The number of hydrogen-bond acceptors (Lipinski definition) is 5. The molecule has 7 nitrogen and oxygen atoms in total. The summed E-state index contributed by atoms with van der Waals surface area (Å²) in [4.78, 5) is 19.1. The van der Waals surface area contributed by atoms with Crippen molar-refractivity contribution >= 4 is 5.91 Å². The topological polar surface area (TPSA) is 73.4 Å². The molecule has 2 aromatic rings. The van der Waals surface area contributed by atoms with Gasteiger partial charge in [0.15, 0.2) is 0 Å². The number of carbonyl (C=O) groups excluding carboxylic acids is 1. The summed E-state index contributed by atoms with van der Waals surface area (Å²) < 4.78 is 12.2. The average molecular weight is 332 g/mol. The first-order valence-corrected chi connectivity index (χ1v) is 8.34. The van der Waals surface area contributed by atoms with E-state index in [1.807, 2.05) is 25.1 Å². The third kappa shape index (κ3) is 3.60. The van der Waals surface area contributed by atoms with E-state index in [0.29, 0.717) is 30.4 Å². The van der Waals surface area contributed by atoms with Crippen molar-refractivity contribution in [3.8, 4) is 5.88 Å². The number of rotatable bonds is 5. The van der Waals surface area contributed by atoms with E-state index in [-0.39, 0.29) is 5.91 Å². The van der Waals surface area contributed by atoms with Gasteiger partial charge in [0.25, 0.3) is 5.88 Å². The van der Waals surface area contributed by atoms with Crippen LogP contribution in [0.3, 0.4) is 0 Å². The molecule has 0 N–H and O–H groups in total. The Labute approximate surface area is 141 Å². The van der Waals surface area contributed by atoms with E-state index in [0.717, 1.165) is 37.4 Å². The molecule has 0 spiro atoms. The number of likely N-dealkylation sites (tertiary alicyclic amines) is 1. The van der Waals surface area contributed by atoms with E-state index in [4.69, 9.17) is 9.26 Å². The van der Waals surface area contributed by atoms with E-state index in [2.05, 4.69) is 14.7 Å². The summed E-state index contributed by atoms with van der Waals surface area (Å²) >= 11 is 0. The molecule has 1 aliphatic heterocycles. The number of hydrogen-bond donors (Lipinski definition) is 0. The highest BCUT2D eigenvalue weighted by Crippen LogP contribution is 2.26. The van der Waals surface area contributed by atoms with Crippen LogP contribution < -0.4 is 4.74 Å². The minimum Gasteiger partial charge on any atom is -0.479 e. The molecule has 0 unspecified atom stereocenters. The quantitative estimate of drug-likeness (QED) is 0.838. The lowest BCUT2D eigenvalue weighted by Gasteiger charge is -2.32.